The number of nitro benzene ring substituents is 1. The van der Waals surface area contributed by atoms with Crippen LogP contribution in [0.25, 0.3) is 10.8 Å². The minimum absolute atomic E-state index is 0.00737. The average molecular weight is 346 g/mol. The number of anilines is 1. The van der Waals surface area contributed by atoms with Crippen molar-refractivity contribution >= 4 is 33.8 Å². The Morgan fingerprint density at radius 2 is 1.85 bits per heavy atom. The highest BCUT2D eigenvalue weighted by atomic mass is 16.6. The van der Waals surface area contributed by atoms with E-state index in [-0.39, 0.29) is 11.6 Å². The third-order valence-corrected chi connectivity index (χ3v) is 4.84. The Morgan fingerprint density at radius 3 is 2.62 bits per heavy atom. The van der Waals surface area contributed by atoms with E-state index in [1.54, 1.807) is 12.1 Å². The van der Waals surface area contributed by atoms with Crippen LogP contribution in [0.4, 0.5) is 17.1 Å². The summed E-state index contributed by atoms with van der Waals surface area (Å²) >= 11 is 0. The van der Waals surface area contributed by atoms with Crippen molar-refractivity contribution in [1.82, 2.24) is 0 Å². The summed E-state index contributed by atoms with van der Waals surface area (Å²) in [5.41, 5.74) is 10.3. The van der Waals surface area contributed by atoms with Crippen molar-refractivity contribution in [2.75, 3.05) is 11.9 Å². The summed E-state index contributed by atoms with van der Waals surface area (Å²) in [5, 5.41) is 13.4. The maximum atomic E-state index is 10.9. The molecule has 0 radical (unpaired) electrons. The van der Waals surface area contributed by atoms with Gasteiger partial charge in [0.1, 0.15) is 0 Å². The molecular formula is C20H18N4O2. The van der Waals surface area contributed by atoms with Crippen LogP contribution in [0, 0.1) is 10.1 Å². The summed E-state index contributed by atoms with van der Waals surface area (Å²) in [5.74, 6) is 0.282. The number of aryl methyl sites for hydroxylation is 2. The molecule has 0 heterocycles. The van der Waals surface area contributed by atoms with Gasteiger partial charge < -0.3 is 10.6 Å². The highest BCUT2D eigenvalue weighted by Crippen LogP contribution is 2.36. The van der Waals surface area contributed by atoms with Crippen LogP contribution >= 0.6 is 0 Å². The quantitative estimate of drug-likeness (QED) is 0.337. The first-order valence-electron chi connectivity index (χ1n) is 8.40. The first-order valence-corrected chi connectivity index (χ1v) is 8.40. The van der Waals surface area contributed by atoms with E-state index in [0.29, 0.717) is 5.69 Å². The number of guanidine groups is 1. The lowest BCUT2D eigenvalue weighted by molar-refractivity contribution is -0.384. The van der Waals surface area contributed by atoms with Crippen molar-refractivity contribution in [3.05, 3.63) is 75.8 Å². The summed E-state index contributed by atoms with van der Waals surface area (Å²) < 4.78 is 0. The van der Waals surface area contributed by atoms with E-state index in [0.717, 1.165) is 23.9 Å². The number of nitrogens with two attached hydrogens (primary N) is 1. The Hall–Kier alpha value is -3.41. The Labute approximate surface area is 150 Å². The molecule has 0 aromatic heterocycles. The summed E-state index contributed by atoms with van der Waals surface area (Å²) in [6, 6.07) is 16.7. The summed E-state index contributed by atoms with van der Waals surface area (Å²) in [6.45, 7) is 0. The third-order valence-electron chi connectivity index (χ3n) is 4.84. The molecule has 6 heteroatoms. The van der Waals surface area contributed by atoms with Gasteiger partial charge in [-0.05, 0) is 41.5 Å². The predicted octanol–water partition coefficient (Wildman–Crippen LogP) is 3.93. The average Bonchev–Trinajstić information content (AvgIpc) is 3.07. The fourth-order valence-electron chi connectivity index (χ4n) is 3.53. The van der Waals surface area contributed by atoms with Crippen LogP contribution in [0.2, 0.25) is 0 Å². The fourth-order valence-corrected chi connectivity index (χ4v) is 3.53. The number of non-ortho nitro benzene ring substituents is 1. The van der Waals surface area contributed by atoms with Crippen LogP contribution in [-0.4, -0.2) is 17.9 Å². The molecule has 1 aliphatic carbocycles. The predicted molar refractivity (Wildman–Crippen MR) is 104 cm³/mol. The molecule has 0 saturated heterocycles. The standard InChI is InChI=1S/C20H18N4O2/c1-23(20(21)22-15-5-3-6-16(12-15)24(25)26)18-11-10-14-9-8-13-4-2-7-17(18)19(13)14/h2-7,10-12H,8-9H2,1H3,(H2,21,22). The maximum Gasteiger partial charge on any atom is 0.271 e. The van der Waals surface area contributed by atoms with E-state index in [1.165, 1.54) is 28.6 Å². The van der Waals surface area contributed by atoms with Crippen molar-refractivity contribution < 1.29 is 4.92 Å². The minimum atomic E-state index is -0.442. The molecule has 0 spiro atoms. The molecule has 0 unspecified atom stereocenters. The second kappa shape index (κ2) is 6.15. The molecule has 130 valence electrons. The number of hydrogen-bond acceptors (Lipinski definition) is 3. The Morgan fingerprint density at radius 1 is 1.12 bits per heavy atom. The second-order valence-corrected chi connectivity index (χ2v) is 6.39. The van der Waals surface area contributed by atoms with Gasteiger partial charge in [-0.1, -0.05) is 30.3 Å². The van der Waals surface area contributed by atoms with Crippen molar-refractivity contribution in [2.24, 2.45) is 10.7 Å². The lowest BCUT2D eigenvalue weighted by atomic mass is 10.0. The first kappa shape index (κ1) is 16.1. The molecule has 4 rings (SSSR count). The molecule has 26 heavy (non-hydrogen) atoms. The highest BCUT2D eigenvalue weighted by Gasteiger charge is 2.18. The van der Waals surface area contributed by atoms with Gasteiger partial charge in [-0.15, -0.1) is 0 Å². The lowest BCUT2D eigenvalue weighted by Crippen LogP contribution is -2.33. The second-order valence-electron chi connectivity index (χ2n) is 6.39. The van der Waals surface area contributed by atoms with Crippen molar-refractivity contribution in [3.8, 4) is 0 Å². The van der Waals surface area contributed by atoms with Crippen molar-refractivity contribution in [3.63, 3.8) is 0 Å². The zero-order chi connectivity index (χ0) is 18.3. The number of aliphatic imine (C=N–C) groups is 1. The van der Waals surface area contributed by atoms with Crippen LogP contribution in [0.15, 0.2) is 59.6 Å². The van der Waals surface area contributed by atoms with Crippen molar-refractivity contribution in [1.29, 1.82) is 0 Å². The Bertz CT molecular complexity index is 1050. The lowest BCUT2D eigenvalue weighted by Gasteiger charge is -2.21. The molecular weight excluding hydrogens is 328 g/mol. The van der Waals surface area contributed by atoms with Crippen molar-refractivity contribution in [2.45, 2.75) is 12.8 Å². The molecule has 0 aliphatic heterocycles. The van der Waals surface area contributed by atoms with Crippen LogP contribution < -0.4 is 10.6 Å². The van der Waals surface area contributed by atoms with E-state index in [1.807, 2.05) is 11.9 Å². The topological polar surface area (TPSA) is 84.8 Å². The monoisotopic (exact) mass is 346 g/mol. The van der Waals surface area contributed by atoms with Crippen LogP contribution in [0.3, 0.4) is 0 Å². The van der Waals surface area contributed by atoms with Gasteiger partial charge in [0.25, 0.3) is 5.69 Å². The Balaban J connectivity index is 1.74. The molecule has 1 aliphatic rings. The molecule has 0 fully saturated rings. The van der Waals surface area contributed by atoms with E-state index >= 15 is 0 Å². The van der Waals surface area contributed by atoms with Crippen LogP contribution in [0.5, 0.6) is 0 Å². The minimum Gasteiger partial charge on any atom is -0.369 e. The zero-order valence-corrected chi connectivity index (χ0v) is 14.3. The van der Waals surface area contributed by atoms with Gasteiger partial charge >= 0.3 is 0 Å². The molecule has 6 nitrogen and oxygen atoms in total. The third kappa shape index (κ3) is 2.65. The maximum absolute atomic E-state index is 10.9. The number of rotatable bonds is 3. The smallest absolute Gasteiger partial charge is 0.271 e. The Kier molecular flexibility index (Phi) is 3.80. The number of nitrogens with zero attached hydrogens (tertiary/aromatic N) is 3. The van der Waals surface area contributed by atoms with Crippen LogP contribution in [0.1, 0.15) is 11.1 Å². The fraction of sp³-hybridized carbons (Fsp3) is 0.150. The number of hydrogen-bond donors (Lipinski definition) is 1. The molecule has 0 atom stereocenters. The van der Waals surface area contributed by atoms with E-state index in [4.69, 9.17) is 5.73 Å². The van der Waals surface area contributed by atoms with E-state index < -0.39 is 4.92 Å². The highest BCUT2D eigenvalue weighted by molar-refractivity contribution is 6.07. The zero-order valence-electron chi connectivity index (χ0n) is 14.3. The molecule has 2 N–H and O–H groups in total. The van der Waals surface area contributed by atoms with Gasteiger partial charge in [-0.3, -0.25) is 10.1 Å². The molecule has 0 saturated carbocycles. The molecule has 0 bridgehead atoms. The van der Waals surface area contributed by atoms with Crippen LogP contribution in [-0.2, 0) is 12.8 Å². The van der Waals surface area contributed by atoms with Gasteiger partial charge in [0, 0.05) is 24.6 Å². The normalized spacial score (nSPS) is 13.2. The van der Waals surface area contributed by atoms with Gasteiger partial charge in [-0.25, -0.2) is 4.99 Å². The summed E-state index contributed by atoms with van der Waals surface area (Å²) in [4.78, 5) is 16.7. The van der Waals surface area contributed by atoms with E-state index in [2.05, 4.69) is 35.3 Å². The van der Waals surface area contributed by atoms with Gasteiger partial charge in [0.15, 0.2) is 0 Å². The van der Waals surface area contributed by atoms with Gasteiger partial charge in [-0.2, -0.15) is 0 Å². The van der Waals surface area contributed by atoms with Gasteiger partial charge in [0.05, 0.1) is 16.3 Å². The SMILES string of the molecule is CN(C(N)=Nc1cccc([N+](=O)[O-])c1)c1ccc2c3c(cccc13)CC2. The molecule has 0 amide bonds. The summed E-state index contributed by atoms with van der Waals surface area (Å²) in [6.07, 6.45) is 2.13. The van der Waals surface area contributed by atoms with E-state index in [9.17, 15) is 10.1 Å². The number of nitro groups is 1. The first-order chi connectivity index (χ1) is 12.5. The largest absolute Gasteiger partial charge is 0.369 e. The molecule has 3 aromatic rings. The van der Waals surface area contributed by atoms with Gasteiger partial charge in [0.2, 0.25) is 5.96 Å². The molecule has 3 aromatic carbocycles. The summed E-state index contributed by atoms with van der Waals surface area (Å²) in [7, 11) is 1.86. The number of benzene rings is 3.